The molecule has 0 fully saturated rings. The number of rotatable bonds is 1. The van der Waals surface area contributed by atoms with Gasteiger partial charge in [0, 0.05) is 6.20 Å². The molecule has 0 aliphatic heterocycles. The summed E-state index contributed by atoms with van der Waals surface area (Å²) in [5.41, 5.74) is 10.2. The van der Waals surface area contributed by atoms with Crippen LogP contribution in [-0.4, -0.2) is 16.0 Å². The Labute approximate surface area is 62.7 Å². The molecular weight excluding hydrogens is 146 g/mol. The Morgan fingerprint density at radius 2 is 2.18 bits per heavy atom. The Balaban J connectivity index is 3.27. The van der Waals surface area contributed by atoms with Crippen molar-refractivity contribution >= 4 is 11.6 Å². The second-order valence-corrected chi connectivity index (χ2v) is 1.98. The number of aromatic hydroxyl groups is 1. The summed E-state index contributed by atoms with van der Waals surface area (Å²) in [6.07, 6.45) is 2.35. The summed E-state index contributed by atoms with van der Waals surface area (Å²) in [6.45, 7) is 0. The van der Waals surface area contributed by atoms with Gasteiger partial charge in [-0.25, -0.2) is 0 Å². The van der Waals surface area contributed by atoms with Gasteiger partial charge in [0.1, 0.15) is 0 Å². The van der Waals surface area contributed by atoms with Gasteiger partial charge in [0.2, 0.25) is 0 Å². The largest absolute Gasteiger partial charge is 0.504 e. The van der Waals surface area contributed by atoms with E-state index in [-0.39, 0.29) is 17.0 Å². The first-order valence-electron chi connectivity index (χ1n) is 2.85. The molecular formula is C6H7N3O2. The Morgan fingerprint density at radius 3 is 2.64 bits per heavy atom. The Morgan fingerprint density at radius 1 is 1.55 bits per heavy atom. The predicted molar refractivity (Wildman–Crippen MR) is 38.8 cm³/mol. The van der Waals surface area contributed by atoms with Gasteiger partial charge < -0.3 is 16.6 Å². The number of hydrogen-bond acceptors (Lipinski definition) is 4. The highest BCUT2D eigenvalue weighted by Crippen LogP contribution is 2.20. The number of amides is 1. The topological polar surface area (TPSA) is 102 Å². The van der Waals surface area contributed by atoms with Crippen LogP contribution in [0.4, 0.5) is 5.69 Å². The maximum absolute atomic E-state index is 10.6. The van der Waals surface area contributed by atoms with Gasteiger partial charge in [-0.15, -0.1) is 0 Å². The highest BCUT2D eigenvalue weighted by molar-refractivity contribution is 5.98. The molecule has 5 nitrogen and oxygen atoms in total. The zero-order valence-corrected chi connectivity index (χ0v) is 5.61. The fourth-order valence-corrected chi connectivity index (χ4v) is 0.656. The van der Waals surface area contributed by atoms with E-state index in [1.165, 1.54) is 6.20 Å². The maximum atomic E-state index is 10.6. The van der Waals surface area contributed by atoms with Gasteiger partial charge in [-0.3, -0.25) is 9.78 Å². The summed E-state index contributed by atoms with van der Waals surface area (Å²) >= 11 is 0. The summed E-state index contributed by atoms with van der Waals surface area (Å²) < 4.78 is 0. The van der Waals surface area contributed by atoms with Crippen molar-refractivity contribution in [3.63, 3.8) is 0 Å². The summed E-state index contributed by atoms with van der Waals surface area (Å²) in [4.78, 5) is 14.1. The molecule has 0 unspecified atom stereocenters. The summed E-state index contributed by atoms with van der Waals surface area (Å²) in [5.74, 6) is -0.938. The van der Waals surface area contributed by atoms with Crippen molar-refractivity contribution in [1.82, 2.24) is 4.98 Å². The number of pyridine rings is 1. The number of primary amides is 1. The predicted octanol–water partition coefficient (Wildman–Crippen LogP) is -0.532. The zero-order valence-electron chi connectivity index (χ0n) is 5.61. The van der Waals surface area contributed by atoms with Crippen LogP contribution < -0.4 is 11.5 Å². The van der Waals surface area contributed by atoms with E-state index in [1.54, 1.807) is 0 Å². The van der Waals surface area contributed by atoms with Crippen molar-refractivity contribution in [3.05, 3.63) is 18.0 Å². The quantitative estimate of drug-likeness (QED) is 0.504. The fourth-order valence-electron chi connectivity index (χ4n) is 0.656. The molecule has 0 bridgehead atoms. The van der Waals surface area contributed by atoms with Crippen LogP contribution >= 0.6 is 0 Å². The lowest BCUT2D eigenvalue weighted by Gasteiger charge is -2.00. The van der Waals surface area contributed by atoms with Crippen molar-refractivity contribution in [2.24, 2.45) is 5.73 Å². The molecule has 0 spiro atoms. The molecule has 0 aliphatic carbocycles. The molecule has 0 aromatic carbocycles. The molecule has 11 heavy (non-hydrogen) atoms. The number of aromatic nitrogens is 1. The van der Waals surface area contributed by atoms with Crippen LogP contribution in [0.3, 0.4) is 0 Å². The Hall–Kier alpha value is -1.78. The van der Waals surface area contributed by atoms with Crippen LogP contribution in [0.5, 0.6) is 5.75 Å². The summed E-state index contributed by atoms with van der Waals surface area (Å²) in [6, 6.07) is 0. The van der Waals surface area contributed by atoms with Crippen LogP contribution in [0.1, 0.15) is 10.4 Å². The van der Waals surface area contributed by atoms with E-state index >= 15 is 0 Å². The number of hydrogen-bond donors (Lipinski definition) is 3. The Bertz CT molecular complexity index is 298. The van der Waals surface area contributed by atoms with Crippen molar-refractivity contribution in [2.45, 2.75) is 0 Å². The summed E-state index contributed by atoms with van der Waals surface area (Å²) in [7, 11) is 0. The first kappa shape index (κ1) is 7.33. The van der Waals surface area contributed by atoms with Crippen LogP contribution in [0.2, 0.25) is 0 Å². The first-order chi connectivity index (χ1) is 5.13. The molecule has 0 saturated carbocycles. The third-order valence-corrected chi connectivity index (χ3v) is 1.23. The van der Waals surface area contributed by atoms with E-state index in [0.717, 1.165) is 6.20 Å². The molecule has 1 amide bonds. The van der Waals surface area contributed by atoms with Crippen molar-refractivity contribution < 1.29 is 9.90 Å². The van der Waals surface area contributed by atoms with E-state index in [2.05, 4.69) is 4.98 Å². The summed E-state index contributed by atoms with van der Waals surface area (Å²) in [5, 5.41) is 8.95. The molecule has 1 aromatic rings. The molecule has 5 heteroatoms. The number of nitrogen functional groups attached to an aromatic ring is 1. The zero-order chi connectivity index (χ0) is 8.43. The van der Waals surface area contributed by atoms with Crippen molar-refractivity contribution in [2.75, 3.05) is 5.73 Å². The molecule has 5 N–H and O–H groups in total. The maximum Gasteiger partial charge on any atom is 0.252 e. The highest BCUT2D eigenvalue weighted by atomic mass is 16.3. The first-order valence-corrected chi connectivity index (χ1v) is 2.85. The smallest absolute Gasteiger partial charge is 0.252 e. The minimum atomic E-state index is -0.703. The highest BCUT2D eigenvalue weighted by Gasteiger charge is 2.08. The average molecular weight is 153 g/mol. The third kappa shape index (κ3) is 1.21. The normalized spacial score (nSPS) is 9.45. The number of carbonyl (C=O) groups is 1. The third-order valence-electron chi connectivity index (χ3n) is 1.23. The van der Waals surface area contributed by atoms with Gasteiger partial charge in [0.15, 0.2) is 5.75 Å². The lowest BCUT2D eigenvalue weighted by Crippen LogP contribution is -2.13. The van der Waals surface area contributed by atoms with Gasteiger partial charge >= 0.3 is 0 Å². The number of nitrogens with zero attached hydrogens (tertiary/aromatic N) is 1. The van der Waals surface area contributed by atoms with Gasteiger partial charge in [0.25, 0.3) is 5.91 Å². The standard InChI is InChI=1S/C6H7N3O2/c7-5-3(6(8)11)1-9-2-4(5)10/h1-2,10H,(H2,7,9)(H2,8,11). The molecule has 1 rings (SSSR count). The molecule has 1 aromatic heterocycles. The van der Waals surface area contributed by atoms with E-state index in [9.17, 15) is 4.79 Å². The van der Waals surface area contributed by atoms with Crippen molar-refractivity contribution in [1.29, 1.82) is 0 Å². The van der Waals surface area contributed by atoms with E-state index in [1.807, 2.05) is 0 Å². The van der Waals surface area contributed by atoms with Crippen molar-refractivity contribution in [3.8, 4) is 5.75 Å². The molecule has 1 heterocycles. The number of anilines is 1. The van der Waals surface area contributed by atoms with Crippen LogP contribution in [0.15, 0.2) is 12.4 Å². The van der Waals surface area contributed by atoms with Gasteiger partial charge in [-0.1, -0.05) is 0 Å². The second-order valence-electron chi connectivity index (χ2n) is 1.98. The van der Waals surface area contributed by atoms with Gasteiger partial charge in [-0.2, -0.15) is 0 Å². The fraction of sp³-hybridized carbons (Fsp3) is 0. The van der Waals surface area contributed by atoms with Crippen LogP contribution in [-0.2, 0) is 0 Å². The molecule has 0 atom stereocenters. The average Bonchev–Trinajstić information content (AvgIpc) is 1.94. The molecule has 0 saturated heterocycles. The van der Waals surface area contributed by atoms with Gasteiger partial charge in [0.05, 0.1) is 17.4 Å². The van der Waals surface area contributed by atoms with E-state index < -0.39 is 5.91 Å². The Kier molecular flexibility index (Phi) is 1.63. The molecule has 0 aliphatic rings. The van der Waals surface area contributed by atoms with Crippen LogP contribution in [0, 0.1) is 0 Å². The number of nitrogens with two attached hydrogens (primary N) is 2. The molecule has 0 radical (unpaired) electrons. The number of carbonyl (C=O) groups excluding carboxylic acids is 1. The minimum Gasteiger partial charge on any atom is -0.504 e. The minimum absolute atomic E-state index is 0.0324. The SMILES string of the molecule is NC(=O)c1cncc(O)c1N. The molecule has 58 valence electrons. The monoisotopic (exact) mass is 153 g/mol. The lowest BCUT2D eigenvalue weighted by atomic mass is 10.2. The van der Waals surface area contributed by atoms with Gasteiger partial charge in [-0.05, 0) is 0 Å². The lowest BCUT2D eigenvalue weighted by molar-refractivity contribution is 0.100. The second kappa shape index (κ2) is 2.45. The van der Waals surface area contributed by atoms with E-state index in [0.29, 0.717) is 0 Å². The van der Waals surface area contributed by atoms with E-state index in [4.69, 9.17) is 16.6 Å². The van der Waals surface area contributed by atoms with Crippen LogP contribution in [0.25, 0.3) is 0 Å².